The van der Waals surface area contributed by atoms with Crippen LogP contribution in [0.15, 0.2) is 42.5 Å². The van der Waals surface area contributed by atoms with E-state index >= 15 is 0 Å². The van der Waals surface area contributed by atoms with E-state index in [1.807, 2.05) is 52.0 Å². The number of carbonyl (C=O) groups is 2. The van der Waals surface area contributed by atoms with Crippen LogP contribution in [0.1, 0.15) is 44.7 Å². The van der Waals surface area contributed by atoms with E-state index in [0.29, 0.717) is 12.2 Å². The fraction of sp³-hybridized carbons (Fsp3) is 0.481. The number of nitrogens with zero attached hydrogens (tertiary/aromatic N) is 2. The molecule has 0 aliphatic rings. The molecule has 9 nitrogen and oxygen atoms in total. The van der Waals surface area contributed by atoms with Gasteiger partial charge in [-0.1, -0.05) is 43.7 Å². The first kappa shape index (κ1) is 30.0. The molecule has 2 rings (SSSR count). The lowest BCUT2D eigenvalue weighted by molar-refractivity contribution is -0.140. The number of benzene rings is 2. The molecule has 37 heavy (non-hydrogen) atoms. The summed E-state index contributed by atoms with van der Waals surface area (Å²) in [7, 11) is -0.985. The summed E-state index contributed by atoms with van der Waals surface area (Å²) in [5.74, 6) is -0.0553. The third-order valence-electron chi connectivity index (χ3n) is 6.16. The summed E-state index contributed by atoms with van der Waals surface area (Å²) in [6.45, 7) is 7.30. The predicted molar refractivity (Wildman–Crippen MR) is 145 cm³/mol. The normalized spacial score (nSPS) is 12.8. The van der Waals surface area contributed by atoms with E-state index in [-0.39, 0.29) is 29.9 Å². The van der Waals surface area contributed by atoms with Gasteiger partial charge in [-0.15, -0.1) is 0 Å². The Kier molecular flexibility index (Phi) is 10.8. The largest absolute Gasteiger partial charge is 0.497 e. The molecule has 0 aromatic heterocycles. The standard InChI is InChI=1S/C27H39N3O6S/c1-8-20(4)28-27(32)23(9-2)29(17-21-12-10-11-19(3)15-21)26(31)18-30(37(7,33)34)24-14-13-22(35-5)16-25(24)36-6/h10-16,20,23H,8-9,17-18H2,1-7H3,(H,28,32)/t20-,23-/m1/s1. The molecule has 0 aliphatic carbocycles. The van der Waals surface area contributed by atoms with Crippen molar-refractivity contribution in [1.29, 1.82) is 0 Å². The first-order valence-corrected chi connectivity index (χ1v) is 14.1. The van der Waals surface area contributed by atoms with Crippen LogP contribution in [0.5, 0.6) is 11.5 Å². The minimum Gasteiger partial charge on any atom is -0.497 e. The smallest absolute Gasteiger partial charge is 0.244 e. The first-order valence-electron chi connectivity index (χ1n) is 12.3. The Morgan fingerprint density at radius 3 is 2.27 bits per heavy atom. The summed E-state index contributed by atoms with van der Waals surface area (Å²) in [5, 5.41) is 2.96. The van der Waals surface area contributed by atoms with Gasteiger partial charge in [0.1, 0.15) is 24.1 Å². The van der Waals surface area contributed by atoms with Gasteiger partial charge in [-0.05, 0) is 44.4 Å². The fourth-order valence-electron chi connectivity index (χ4n) is 3.95. The van der Waals surface area contributed by atoms with Crippen LogP contribution in [0, 0.1) is 6.92 Å². The third-order valence-corrected chi connectivity index (χ3v) is 7.28. The molecule has 0 saturated heterocycles. The molecule has 1 N–H and O–H groups in total. The summed E-state index contributed by atoms with van der Waals surface area (Å²) in [4.78, 5) is 28.5. The van der Waals surface area contributed by atoms with Crippen molar-refractivity contribution in [1.82, 2.24) is 10.2 Å². The molecule has 2 atom stereocenters. The number of sulfonamides is 1. The third kappa shape index (κ3) is 8.11. The highest BCUT2D eigenvalue weighted by molar-refractivity contribution is 7.92. The summed E-state index contributed by atoms with van der Waals surface area (Å²) in [6, 6.07) is 11.5. The van der Waals surface area contributed by atoms with E-state index < -0.39 is 28.5 Å². The first-order chi connectivity index (χ1) is 17.4. The van der Waals surface area contributed by atoms with E-state index in [1.165, 1.54) is 25.2 Å². The van der Waals surface area contributed by atoms with Gasteiger partial charge < -0.3 is 19.7 Å². The SMILES string of the molecule is CC[C@@H](C)NC(=O)[C@@H](CC)N(Cc1cccc(C)c1)C(=O)CN(c1ccc(OC)cc1OC)S(C)(=O)=O. The van der Waals surface area contributed by atoms with E-state index in [2.05, 4.69) is 5.32 Å². The number of hydrogen-bond donors (Lipinski definition) is 1. The second kappa shape index (κ2) is 13.3. The molecule has 0 aliphatic heterocycles. The number of amides is 2. The van der Waals surface area contributed by atoms with Gasteiger partial charge in [0.25, 0.3) is 0 Å². The van der Waals surface area contributed by atoms with Gasteiger partial charge >= 0.3 is 0 Å². The molecule has 0 radical (unpaired) electrons. The molecule has 10 heteroatoms. The lowest BCUT2D eigenvalue weighted by Gasteiger charge is -2.33. The Morgan fingerprint density at radius 1 is 1.03 bits per heavy atom. The molecule has 0 heterocycles. The lowest BCUT2D eigenvalue weighted by atomic mass is 10.1. The van der Waals surface area contributed by atoms with Gasteiger partial charge in [0.15, 0.2) is 0 Å². The van der Waals surface area contributed by atoms with Gasteiger partial charge in [-0.2, -0.15) is 0 Å². The van der Waals surface area contributed by atoms with Gasteiger partial charge in [0, 0.05) is 18.7 Å². The van der Waals surface area contributed by atoms with Crippen LogP contribution >= 0.6 is 0 Å². The maximum atomic E-state index is 13.8. The summed E-state index contributed by atoms with van der Waals surface area (Å²) in [5.41, 5.74) is 2.06. The monoisotopic (exact) mass is 533 g/mol. The number of anilines is 1. The zero-order valence-electron chi connectivity index (χ0n) is 22.8. The second-order valence-electron chi connectivity index (χ2n) is 9.06. The summed E-state index contributed by atoms with van der Waals surface area (Å²) < 4.78 is 37.3. The van der Waals surface area contributed by atoms with Crippen molar-refractivity contribution in [2.45, 2.75) is 59.2 Å². The molecule has 2 aromatic rings. The predicted octanol–water partition coefficient (Wildman–Crippen LogP) is 3.50. The average molecular weight is 534 g/mol. The minimum absolute atomic E-state index is 0.0615. The molecule has 2 amide bonds. The topological polar surface area (TPSA) is 105 Å². The number of nitrogens with one attached hydrogen (secondary N) is 1. The highest BCUT2D eigenvalue weighted by Crippen LogP contribution is 2.33. The van der Waals surface area contributed by atoms with Crippen LogP contribution < -0.4 is 19.1 Å². The van der Waals surface area contributed by atoms with E-state index in [1.54, 1.807) is 12.1 Å². The minimum atomic E-state index is -3.89. The lowest BCUT2D eigenvalue weighted by Crippen LogP contribution is -2.53. The van der Waals surface area contributed by atoms with Crippen molar-refractivity contribution in [2.24, 2.45) is 0 Å². The van der Waals surface area contributed by atoms with Gasteiger partial charge in [-0.25, -0.2) is 8.42 Å². The Morgan fingerprint density at radius 2 is 1.73 bits per heavy atom. The van der Waals surface area contributed by atoms with Crippen LogP contribution in [0.25, 0.3) is 0 Å². The van der Waals surface area contributed by atoms with Crippen molar-refractivity contribution in [3.05, 3.63) is 53.6 Å². The Balaban J connectivity index is 2.51. The van der Waals surface area contributed by atoms with Crippen molar-refractivity contribution < 1.29 is 27.5 Å². The molecule has 0 unspecified atom stereocenters. The zero-order chi connectivity index (χ0) is 27.8. The van der Waals surface area contributed by atoms with Crippen molar-refractivity contribution in [3.63, 3.8) is 0 Å². The van der Waals surface area contributed by atoms with E-state index in [0.717, 1.165) is 28.1 Å². The molecule has 204 valence electrons. The quantitative estimate of drug-likeness (QED) is 0.423. The molecule has 0 fully saturated rings. The van der Waals surface area contributed by atoms with Crippen molar-refractivity contribution >= 4 is 27.5 Å². The van der Waals surface area contributed by atoms with E-state index in [4.69, 9.17) is 9.47 Å². The number of rotatable bonds is 13. The second-order valence-corrected chi connectivity index (χ2v) is 11.0. The fourth-order valence-corrected chi connectivity index (χ4v) is 4.81. The summed E-state index contributed by atoms with van der Waals surface area (Å²) >= 11 is 0. The highest BCUT2D eigenvalue weighted by Gasteiger charge is 2.33. The number of aryl methyl sites for hydroxylation is 1. The molecule has 0 saturated carbocycles. The Bertz CT molecular complexity index is 1180. The van der Waals surface area contributed by atoms with Gasteiger partial charge in [0.05, 0.1) is 26.2 Å². The maximum absolute atomic E-state index is 13.8. The van der Waals surface area contributed by atoms with Crippen LogP contribution in [-0.4, -0.2) is 64.2 Å². The van der Waals surface area contributed by atoms with Crippen LogP contribution in [0.2, 0.25) is 0 Å². The number of carbonyl (C=O) groups excluding carboxylic acids is 2. The Hall–Kier alpha value is -3.27. The summed E-state index contributed by atoms with van der Waals surface area (Å²) in [6.07, 6.45) is 2.14. The molecular weight excluding hydrogens is 494 g/mol. The number of hydrogen-bond acceptors (Lipinski definition) is 6. The van der Waals surface area contributed by atoms with Crippen LogP contribution in [-0.2, 0) is 26.2 Å². The number of methoxy groups -OCH3 is 2. The maximum Gasteiger partial charge on any atom is 0.244 e. The van der Waals surface area contributed by atoms with Crippen LogP contribution in [0.4, 0.5) is 5.69 Å². The van der Waals surface area contributed by atoms with Crippen LogP contribution in [0.3, 0.4) is 0 Å². The Labute approximate surface area is 220 Å². The van der Waals surface area contributed by atoms with Gasteiger partial charge in [0.2, 0.25) is 21.8 Å². The molecule has 0 bridgehead atoms. The molecular formula is C27H39N3O6S. The molecule has 0 spiro atoms. The number of ether oxygens (including phenoxy) is 2. The molecule has 2 aromatic carbocycles. The van der Waals surface area contributed by atoms with Gasteiger partial charge in [-0.3, -0.25) is 13.9 Å². The zero-order valence-corrected chi connectivity index (χ0v) is 23.6. The van der Waals surface area contributed by atoms with Crippen molar-refractivity contribution in [2.75, 3.05) is 31.3 Å². The highest BCUT2D eigenvalue weighted by atomic mass is 32.2. The average Bonchev–Trinajstić information content (AvgIpc) is 2.85. The van der Waals surface area contributed by atoms with E-state index in [9.17, 15) is 18.0 Å². The van der Waals surface area contributed by atoms with Crippen molar-refractivity contribution in [3.8, 4) is 11.5 Å².